The number of nitrogens with one attached hydrogen (secondary N) is 2. The van der Waals surface area contributed by atoms with Crippen LogP contribution in [0.4, 0.5) is 10.1 Å². The highest BCUT2D eigenvalue weighted by molar-refractivity contribution is 6.31. The third kappa shape index (κ3) is 2.76. The number of halogens is 2. The molecule has 3 rings (SSSR count). The van der Waals surface area contributed by atoms with Crippen molar-refractivity contribution in [1.29, 1.82) is 0 Å². The van der Waals surface area contributed by atoms with Gasteiger partial charge in [0.2, 0.25) is 0 Å². The number of rotatable bonds is 3. The molecule has 3 aromatic rings. The van der Waals surface area contributed by atoms with E-state index in [2.05, 4.69) is 10.3 Å². The molecule has 22 heavy (non-hydrogen) atoms. The van der Waals surface area contributed by atoms with Gasteiger partial charge in [0.1, 0.15) is 17.3 Å². The second-order valence-corrected chi connectivity index (χ2v) is 5.15. The molecule has 0 aliphatic carbocycles. The van der Waals surface area contributed by atoms with Crippen molar-refractivity contribution < 1.29 is 13.9 Å². The summed E-state index contributed by atoms with van der Waals surface area (Å²) in [5.74, 6) is -0.216. The number of fused-ring (bicyclic) bond motifs is 1. The first-order valence-electron chi connectivity index (χ1n) is 6.50. The summed E-state index contributed by atoms with van der Waals surface area (Å²) in [7, 11) is 1.50. The Morgan fingerprint density at radius 2 is 2.05 bits per heavy atom. The monoisotopic (exact) mass is 318 g/mol. The smallest absolute Gasteiger partial charge is 0.272 e. The van der Waals surface area contributed by atoms with Crippen LogP contribution >= 0.6 is 11.6 Å². The van der Waals surface area contributed by atoms with Crippen molar-refractivity contribution in [3.05, 3.63) is 59.0 Å². The fourth-order valence-electron chi connectivity index (χ4n) is 2.19. The number of aromatic amines is 1. The number of hydrogen-bond donors (Lipinski definition) is 2. The molecule has 1 heterocycles. The molecule has 1 aromatic heterocycles. The second kappa shape index (κ2) is 5.69. The van der Waals surface area contributed by atoms with Crippen LogP contribution in [0.5, 0.6) is 5.75 Å². The lowest BCUT2D eigenvalue weighted by atomic mass is 10.2. The summed E-state index contributed by atoms with van der Waals surface area (Å²) in [6, 6.07) is 10.8. The second-order valence-electron chi connectivity index (χ2n) is 4.71. The van der Waals surface area contributed by atoms with Gasteiger partial charge in [0.25, 0.3) is 5.91 Å². The van der Waals surface area contributed by atoms with Crippen LogP contribution in [0.15, 0.2) is 42.5 Å². The summed E-state index contributed by atoms with van der Waals surface area (Å²) in [5.41, 5.74) is 1.47. The Bertz CT molecular complexity index is 860. The van der Waals surface area contributed by atoms with Crippen molar-refractivity contribution in [3.63, 3.8) is 0 Å². The number of hydrogen-bond acceptors (Lipinski definition) is 2. The zero-order valence-corrected chi connectivity index (χ0v) is 12.4. The number of anilines is 1. The Labute approximate surface area is 130 Å². The van der Waals surface area contributed by atoms with Crippen LogP contribution in [-0.2, 0) is 0 Å². The molecule has 0 radical (unpaired) electrons. The summed E-state index contributed by atoms with van der Waals surface area (Å²) in [4.78, 5) is 15.3. The van der Waals surface area contributed by atoms with Gasteiger partial charge in [-0.1, -0.05) is 11.6 Å². The molecule has 0 aliphatic heterocycles. The molecule has 0 atom stereocenters. The molecular formula is C16H12ClFN2O2. The third-order valence-corrected chi connectivity index (χ3v) is 3.47. The number of H-pyrrole nitrogens is 1. The van der Waals surface area contributed by atoms with Crippen LogP contribution in [-0.4, -0.2) is 18.0 Å². The maximum atomic E-state index is 13.2. The standard InChI is InChI=1S/C16H12ClFN2O2/c1-22-15-5-2-10(17)8-13(15)20-16(21)14-7-9-6-11(18)3-4-12(9)19-14/h2-8,19H,1H3,(H,20,21). The van der Waals surface area contributed by atoms with Crippen LogP contribution in [0.3, 0.4) is 0 Å². The molecule has 1 amide bonds. The van der Waals surface area contributed by atoms with Crippen molar-refractivity contribution >= 4 is 34.1 Å². The minimum atomic E-state index is -0.364. The summed E-state index contributed by atoms with van der Waals surface area (Å²) >= 11 is 5.93. The molecule has 0 saturated heterocycles. The quantitative estimate of drug-likeness (QED) is 0.759. The highest BCUT2D eigenvalue weighted by Crippen LogP contribution is 2.28. The van der Waals surface area contributed by atoms with E-state index in [1.54, 1.807) is 30.3 Å². The SMILES string of the molecule is COc1ccc(Cl)cc1NC(=O)c1cc2cc(F)ccc2[nH]1. The summed E-state index contributed by atoms with van der Waals surface area (Å²) in [5, 5.41) is 3.83. The molecule has 0 saturated carbocycles. The lowest BCUT2D eigenvalue weighted by Crippen LogP contribution is -2.13. The van der Waals surface area contributed by atoms with Gasteiger partial charge in [0.05, 0.1) is 12.8 Å². The van der Waals surface area contributed by atoms with Gasteiger partial charge >= 0.3 is 0 Å². The highest BCUT2D eigenvalue weighted by Gasteiger charge is 2.13. The predicted molar refractivity (Wildman–Crippen MR) is 84.2 cm³/mol. The van der Waals surface area contributed by atoms with Crippen molar-refractivity contribution in [2.45, 2.75) is 0 Å². The van der Waals surface area contributed by atoms with E-state index in [1.807, 2.05) is 0 Å². The van der Waals surface area contributed by atoms with Gasteiger partial charge < -0.3 is 15.0 Å². The van der Waals surface area contributed by atoms with Crippen LogP contribution in [0.1, 0.15) is 10.5 Å². The van der Waals surface area contributed by atoms with E-state index in [4.69, 9.17) is 16.3 Å². The Morgan fingerprint density at radius 3 is 2.82 bits per heavy atom. The molecular weight excluding hydrogens is 307 g/mol. The zero-order chi connectivity index (χ0) is 15.7. The fourth-order valence-corrected chi connectivity index (χ4v) is 2.37. The lowest BCUT2D eigenvalue weighted by Gasteiger charge is -2.09. The molecule has 0 bridgehead atoms. The minimum Gasteiger partial charge on any atom is -0.495 e. The van der Waals surface area contributed by atoms with Crippen LogP contribution in [0, 0.1) is 5.82 Å². The van der Waals surface area contributed by atoms with E-state index in [1.165, 1.54) is 19.2 Å². The first kappa shape index (κ1) is 14.4. The van der Waals surface area contributed by atoms with Gasteiger partial charge in [-0.05, 0) is 42.5 Å². The van der Waals surface area contributed by atoms with Crippen molar-refractivity contribution in [1.82, 2.24) is 4.98 Å². The third-order valence-electron chi connectivity index (χ3n) is 3.24. The average molecular weight is 319 g/mol. The maximum Gasteiger partial charge on any atom is 0.272 e. The van der Waals surface area contributed by atoms with Crippen molar-refractivity contribution in [3.8, 4) is 5.75 Å². The molecule has 6 heteroatoms. The molecule has 2 aromatic carbocycles. The van der Waals surface area contributed by atoms with Gasteiger partial charge in [-0.2, -0.15) is 0 Å². The number of carbonyl (C=O) groups is 1. The molecule has 0 unspecified atom stereocenters. The molecule has 0 fully saturated rings. The Hall–Kier alpha value is -2.53. The number of methoxy groups -OCH3 is 1. The highest BCUT2D eigenvalue weighted by atomic mass is 35.5. The molecule has 2 N–H and O–H groups in total. The summed E-state index contributed by atoms with van der Waals surface area (Å²) in [6.07, 6.45) is 0. The Balaban J connectivity index is 1.91. The van der Waals surface area contributed by atoms with E-state index >= 15 is 0 Å². The van der Waals surface area contributed by atoms with Crippen LogP contribution < -0.4 is 10.1 Å². The number of benzene rings is 2. The molecule has 4 nitrogen and oxygen atoms in total. The Kier molecular flexibility index (Phi) is 3.73. The number of amides is 1. The molecule has 0 aliphatic rings. The maximum absolute atomic E-state index is 13.2. The van der Waals surface area contributed by atoms with Crippen molar-refractivity contribution in [2.24, 2.45) is 0 Å². The first-order valence-corrected chi connectivity index (χ1v) is 6.88. The zero-order valence-electron chi connectivity index (χ0n) is 11.6. The van der Waals surface area contributed by atoms with Gasteiger partial charge in [0.15, 0.2) is 0 Å². The molecule has 112 valence electrons. The fraction of sp³-hybridized carbons (Fsp3) is 0.0625. The van der Waals surface area contributed by atoms with Crippen LogP contribution in [0.2, 0.25) is 5.02 Å². The van der Waals surface area contributed by atoms with Gasteiger partial charge in [-0.3, -0.25) is 4.79 Å². The largest absolute Gasteiger partial charge is 0.495 e. The minimum absolute atomic E-state index is 0.322. The van der Waals surface area contributed by atoms with E-state index in [0.717, 1.165) is 0 Å². The average Bonchev–Trinajstić information content (AvgIpc) is 2.90. The van der Waals surface area contributed by atoms with Gasteiger partial charge in [-0.25, -0.2) is 4.39 Å². The summed E-state index contributed by atoms with van der Waals surface area (Å²) < 4.78 is 18.4. The predicted octanol–water partition coefficient (Wildman–Crippen LogP) is 4.22. The Morgan fingerprint density at radius 1 is 1.23 bits per heavy atom. The number of ether oxygens (including phenoxy) is 1. The number of aromatic nitrogens is 1. The first-order chi connectivity index (χ1) is 10.6. The van der Waals surface area contributed by atoms with Gasteiger partial charge in [-0.15, -0.1) is 0 Å². The van der Waals surface area contributed by atoms with E-state index < -0.39 is 0 Å². The van der Waals surface area contributed by atoms with E-state index in [9.17, 15) is 9.18 Å². The van der Waals surface area contributed by atoms with Gasteiger partial charge in [0, 0.05) is 15.9 Å². The van der Waals surface area contributed by atoms with E-state index in [-0.39, 0.29) is 11.7 Å². The summed E-state index contributed by atoms with van der Waals surface area (Å²) in [6.45, 7) is 0. The molecule has 0 spiro atoms. The normalized spacial score (nSPS) is 10.7. The van der Waals surface area contributed by atoms with Crippen molar-refractivity contribution in [2.75, 3.05) is 12.4 Å². The van der Waals surface area contributed by atoms with E-state index in [0.29, 0.717) is 33.1 Å². The number of carbonyl (C=O) groups excluding carboxylic acids is 1. The topological polar surface area (TPSA) is 54.1 Å². The van der Waals surface area contributed by atoms with Crippen LogP contribution in [0.25, 0.3) is 10.9 Å². The lowest BCUT2D eigenvalue weighted by molar-refractivity contribution is 0.102.